The first-order valence-corrected chi connectivity index (χ1v) is 18.7. The highest BCUT2D eigenvalue weighted by molar-refractivity contribution is 6.01. The van der Waals surface area contributed by atoms with E-state index in [0.717, 1.165) is 48.6 Å². The molecule has 1 heterocycles. The Morgan fingerprint density at radius 2 is 1.48 bits per heavy atom. The number of allylic oxidation sites excluding steroid dienone is 2. The summed E-state index contributed by atoms with van der Waals surface area (Å²) in [6.07, 6.45) is 12.3. The molecule has 0 aromatic heterocycles. The minimum atomic E-state index is -0.701. The van der Waals surface area contributed by atoms with Crippen molar-refractivity contribution in [2.75, 3.05) is 66.0 Å². The molecule has 1 N–H and O–H groups in total. The zero-order chi connectivity index (χ0) is 35.6. The summed E-state index contributed by atoms with van der Waals surface area (Å²) in [6.45, 7) is 10.4. The number of carbonyl (C=O) groups is 4. The number of amides is 3. The monoisotopic (exact) mass is 703 g/mol. The number of ether oxygens (including phenoxy) is 4. The SMILES string of the molecule is CC1CCC2C3CCC4=C/C(=N/OCC(=O)NCCOCCOCCOCCOCCC(=O)ON5C(=O)CCC5=O)CCC4(C)C3CCC12C. The van der Waals surface area contributed by atoms with E-state index < -0.39 is 17.8 Å². The number of oxime groups is 1. The highest BCUT2D eigenvalue weighted by Crippen LogP contribution is 2.66. The molecule has 1 aliphatic heterocycles. The van der Waals surface area contributed by atoms with Gasteiger partial charge < -0.3 is 33.9 Å². The van der Waals surface area contributed by atoms with Gasteiger partial charge in [-0.1, -0.05) is 31.5 Å². The van der Waals surface area contributed by atoms with Gasteiger partial charge in [0.2, 0.25) is 0 Å². The lowest BCUT2D eigenvalue weighted by molar-refractivity contribution is -0.198. The molecule has 0 aromatic carbocycles. The van der Waals surface area contributed by atoms with Gasteiger partial charge in [0.15, 0.2) is 6.61 Å². The normalized spacial score (nSPS) is 31.2. The van der Waals surface area contributed by atoms with Crippen LogP contribution >= 0.6 is 0 Å². The summed E-state index contributed by atoms with van der Waals surface area (Å²) in [6, 6.07) is 0. The molecule has 1 saturated heterocycles. The third-order valence-electron chi connectivity index (χ3n) is 12.2. The number of imide groups is 1. The summed E-state index contributed by atoms with van der Waals surface area (Å²) in [5, 5.41) is 7.66. The van der Waals surface area contributed by atoms with Gasteiger partial charge in [-0.25, -0.2) is 4.79 Å². The number of carbonyl (C=O) groups excluding carboxylic acids is 4. The van der Waals surface area contributed by atoms with E-state index in [0.29, 0.717) is 56.7 Å². The fourth-order valence-corrected chi connectivity index (χ4v) is 9.12. The molecule has 3 saturated carbocycles. The number of hydrogen-bond acceptors (Lipinski definition) is 11. The Morgan fingerprint density at radius 3 is 2.18 bits per heavy atom. The van der Waals surface area contributed by atoms with E-state index in [1.165, 1.54) is 32.1 Å². The van der Waals surface area contributed by atoms with Gasteiger partial charge in [-0.05, 0) is 91.9 Å². The first-order chi connectivity index (χ1) is 24.1. The summed E-state index contributed by atoms with van der Waals surface area (Å²) < 4.78 is 21.7. The number of nitrogens with zero attached hydrogens (tertiary/aromatic N) is 2. The van der Waals surface area contributed by atoms with E-state index in [9.17, 15) is 19.2 Å². The first kappa shape index (κ1) is 38.4. The van der Waals surface area contributed by atoms with Crippen LogP contribution < -0.4 is 5.32 Å². The van der Waals surface area contributed by atoms with E-state index >= 15 is 0 Å². The highest BCUT2D eigenvalue weighted by atomic mass is 16.7. The zero-order valence-electron chi connectivity index (χ0n) is 30.2. The standard InChI is InChI=1S/C37H57N3O10/c1-26-4-7-30-29-6-5-27-24-28(10-13-37(27,3)31(29)11-14-36(26,30)2)39-49-25-32(41)38-15-17-46-19-21-48-23-22-47-20-18-45-16-12-35(44)50-40-33(42)8-9-34(40)43/h24,26,29-31H,4-23,25H2,1-3H3,(H,38,41)/b39-28+. The van der Waals surface area contributed by atoms with Crippen LogP contribution in [0.25, 0.3) is 0 Å². The second-order valence-corrected chi connectivity index (χ2v) is 15.0. The third-order valence-corrected chi connectivity index (χ3v) is 12.2. The van der Waals surface area contributed by atoms with E-state index in [4.69, 9.17) is 28.6 Å². The fourth-order valence-electron chi connectivity index (χ4n) is 9.12. The Labute approximate surface area is 296 Å². The van der Waals surface area contributed by atoms with Crippen LogP contribution in [0.1, 0.15) is 91.4 Å². The van der Waals surface area contributed by atoms with Crippen molar-refractivity contribution in [1.82, 2.24) is 10.4 Å². The van der Waals surface area contributed by atoms with Crippen molar-refractivity contribution in [3.8, 4) is 0 Å². The molecule has 4 fully saturated rings. The van der Waals surface area contributed by atoms with Crippen molar-refractivity contribution < 1.29 is 47.8 Å². The molecular formula is C37H57N3O10. The van der Waals surface area contributed by atoms with Crippen LogP contribution in [-0.4, -0.2) is 100 Å². The first-order valence-electron chi connectivity index (χ1n) is 18.7. The third kappa shape index (κ3) is 9.51. The fraction of sp³-hybridized carbons (Fsp3) is 0.811. The summed E-state index contributed by atoms with van der Waals surface area (Å²) in [7, 11) is 0. The Hall–Kier alpha value is -2.87. The number of hydrogen-bond donors (Lipinski definition) is 1. The van der Waals surface area contributed by atoms with E-state index in [2.05, 4.69) is 37.3 Å². The lowest BCUT2D eigenvalue weighted by atomic mass is 9.47. The van der Waals surface area contributed by atoms with E-state index in [1.807, 2.05) is 0 Å². The maximum atomic E-state index is 12.2. The molecule has 6 unspecified atom stereocenters. The van der Waals surface area contributed by atoms with Crippen molar-refractivity contribution in [3.63, 3.8) is 0 Å². The highest BCUT2D eigenvalue weighted by Gasteiger charge is 2.57. The number of hydroxylamine groups is 2. The molecule has 13 heteroatoms. The molecule has 0 radical (unpaired) electrons. The number of fused-ring (bicyclic) bond motifs is 5. The molecule has 280 valence electrons. The molecule has 4 aliphatic carbocycles. The molecule has 0 aromatic rings. The van der Waals surface area contributed by atoms with Gasteiger partial charge in [0.25, 0.3) is 17.7 Å². The molecule has 13 nitrogen and oxygen atoms in total. The van der Waals surface area contributed by atoms with Gasteiger partial charge in [0.1, 0.15) is 0 Å². The van der Waals surface area contributed by atoms with Gasteiger partial charge in [0.05, 0.1) is 65.0 Å². The van der Waals surface area contributed by atoms with Gasteiger partial charge >= 0.3 is 5.97 Å². The number of nitrogens with one attached hydrogen (secondary N) is 1. The van der Waals surface area contributed by atoms with E-state index in [1.54, 1.807) is 5.57 Å². The Kier molecular flexibility index (Phi) is 13.9. The van der Waals surface area contributed by atoms with Gasteiger partial charge in [-0.15, -0.1) is 5.06 Å². The minimum absolute atomic E-state index is 0.0580. The summed E-state index contributed by atoms with van der Waals surface area (Å²) >= 11 is 0. The smallest absolute Gasteiger partial charge is 0.335 e. The Bertz CT molecular complexity index is 1260. The maximum absolute atomic E-state index is 12.2. The lowest BCUT2D eigenvalue weighted by Gasteiger charge is -2.58. The number of rotatable bonds is 19. The molecule has 5 aliphatic rings. The van der Waals surface area contributed by atoms with Crippen LogP contribution in [-0.2, 0) is 47.8 Å². The van der Waals surface area contributed by atoms with Crippen molar-refractivity contribution in [1.29, 1.82) is 0 Å². The molecule has 6 atom stereocenters. The average Bonchev–Trinajstić information content (AvgIpc) is 3.58. The second kappa shape index (κ2) is 18.1. The lowest BCUT2D eigenvalue weighted by Crippen LogP contribution is -2.50. The topological polar surface area (TPSA) is 151 Å². The largest absolute Gasteiger partial charge is 0.385 e. The molecule has 5 rings (SSSR count). The van der Waals surface area contributed by atoms with Crippen LogP contribution in [0.3, 0.4) is 0 Å². The zero-order valence-corrected chi connectivity index (χ0v) is 30.2. The molecule has 50 heavy (non-hydrogen) atoms. The van der Waals surface area contributed by atoms with Crippen LogP contribution in [0.2, 0.25) is 0 Å². The predicted molar refractivity (Wildman–Crippen MR) is 182 cm³/mol. The minimum Gasteiger partial charge on any atom is -0.385 e. The second-order valence-electron chi connectivity index (χ2n) is 15.0. The summed E-state index contributed by atoms with van der Waals surface area (Å²) in [4.78, 5) is 57.0. The van der Waals surface area contributed by atoms with Gasteiger partial charge in [0, 0.05) is 19.4 Å². The Morgan fingerprint density at radius 1 is 0.820 bits per heavy atom. The van der Waals surface area contributed by atoms with Crippen molar-refractivity contribution in [2.45, 2.75) is 91.4 Å². The Balaban J connectivity index is 0.831. The summed E-state index contributed by atoms with van der Waals surface area (Å²) in [5.41, 5.74) is 3.30. The van der Waals surface area contributed by atoms with Crippen LogP contribution in [0.15, 0.2) is 16.8 Å². The quantitative estimate of drug-likeness (QED) is 0.118. The molecule has 0 bridgehead atoms. The van der Waals surface area contributed by atoms with Crippen molar-refractivity contribution >= 4 is 29.4 Å². The van der Waals surface area contributed by atoms with E-state index in [-0.39, 0.29) is 50.4 Å². The van der Waals surface area contributed by atoms with Crippen molar-refractivity contribution in [2.24, 2.45) is 39.7 Å². The van der Waals surface area contributed by atoms with Crippen molar-refractivity contribution in [3.05, 3.63) is 11.6 Å². The summed E-state index contributed by atoms with van der Waals surface area (Å²) in [5.74, 6) is 1.44. The van der Waals surface area contributed by atoms with Gasteiger partial charge in [-0.2, -0.15) is 0 Å². The molecule has 0 spiro atoms. The van der Waals surface area contributed by atoms with Crippen LogP contribution in [0.5, 0.6) is 0 Å². The average molecular weight is 704 g/mol. The van der Waals surface area contributed by atoms with Gasteiger partial charge in [-0.3, -0.25) is 14.4 Å². The maximum Gasteiger partial charge on any atom is 0.335 e. The van der Waals surface area contributed by atoms with Crippen LogP contribution in [0, 0.1) is 34.5 Å². The molecular weight excluding hydrogens is 646 g/mol. The predicted octanol–water partition coefficient (Wildman–Crippen LogP) is 4.14. The van der Waals surface area contributed by atoms with Crippen LogP contribution in [0.4, 0.5) is 0 Å². The molecule has 3 amide bonds.